The highest BCUT2D eigenvalue weighted by atomic mass is 16.5. The van der Waals surface area contributed by atoms with E-state index in [1.165, 1.54) is 180 Å². The van der Waals surface area contributed by atoms with E-state index in [-0.39, 0.29) is 18.8 Å². The molecule has 1 N–H and O–H groups in total. The number of hydrogen-bond acceptors (Lipinski definition) is 5. The minimum atomic E-state index is -1.25. The molecule has 0 saturated carbocycles. The molecule has 0 bridgehead atoms. The number of carbonyl (C=O) groups excluding carboxylic acids is 2. The molecule has 0 aliphatic rings. The maximum Gasteiger partial charge on any atom is 0.334 e. The summed E-state index contributed by atoms with van der Waals surface area (Å²) in [6.45, 7) is 5.32. The summed E-state index contributed by atoms with van der Waals surface area (Å²) in [7, 11) is 0. The minimum absolute atomic E-state index is 0.0498. The van der Waals surface area contributed by atoms with Gasteiger partial charge in [0.1, 0.15) is 0 Å². The zero-order valence-corrected chi connectivity index (χ0v) is 31.1. The Bertz CT molecular complexity index is 622. The summed E-state index contributed by atoms with van der Waals surface area (Å²) in [6.07, 6.45) is 40.8. The predicted molar refractivity (Wildman–Crippen MR) is 196 cm³/mol. The molecule has 274 valence electrons. The topological polar surface area (TPSA) is 72.8 Å². The predicted octanol–water partition coefficient (Wildman–Crippen LogP) is 12.7. The molecule has 46 heavy (non-hydrogen) atoms. The second-order valence-corrected chi connectivity index (χ2v) is 14.0. The molecular weight excluding hydrogens is 572 g/mol. The lowest BCUT2D eigenvalue weighted by Gasteiger charge is -2.11. The van der Waals surface area contributed by atoms with Gasteiger partial charge in [0.2, 0.25) is 0 Å². The molecule has 5 nitrogen and oxygen atoms in total. The van der Waals surface area contributed by atoms with Gasteiger partial charge in [0.25, 0.3) is 0 Å². The van der Waals surface area contributed by atoms with Gasteiger partial charge in [-0.05, 0) is 19.3 Å². The van der Waals surface area contributed by atoms with Crippen LogP contribution in [0.3, 0.4) is 0 Å². The van der Waals surface area contributed by atoms with E-state index in [0.717, 1.165) is 25.7 Å². The number of unbranched alkanes of at least 4 members (excludes halogenated alkanes) is 30. The molecule has 1 atom stereocenters. The molecule has 0 radical (unpaired) electrons. The molecule has 0 aromatic rings. The van der Waals surface area contributed by atoms with E-state index in [1.807, 2.05) is 0 Å². The van der Waals surface area contributed by atoms with Crippen molar-refractivity contribution in [2.24, 2.45) is 0 Å². The van der Waals surface area contributed by atoms with Crippen LogP contribution in [-0.2, 0) is 19.1 Å². The van der Waals surface area contributed by atoms with Crippen LogP contribution < -0.4 is 0 Å². The summed E-state index contributed by atoms with van der Waals surface area (Å²) in [6, 6.07) is 0. The van der Waals surface area contributed by atoms with E-state index in [9.17, 15) is 14.7 Å². The van der Waals surface area contributed by atoms with Gasteiger partial charge in [-0.25, -0.2) is 4.79 Å². The average Bonchev–Trinajstić information content (AvgIpc) is 3.06. The molecule has 0 fully saturated rings. The van der Waals surface area contributed by atoms with E-state index in [2.05, 4.69) is 13.8 Å². The molecule has 0 aromatic carbocycles. The highest BCUT2D eigenvalue weighted by Crippen LogP contribution is 2.15. The molecular formula is C41H80O5. The van der Waals surface area contributed by atoms with Gasteiger partial charge in [-0.2, -0.15) is 0 Å². The van der Waals surface area contributed by atoms with Crippen molar-refractivity contribution in [3.05, 3.63) is 0 Å². The first kappa shape index (κ1) is 44.9. The smallest absolute Gasteiger partial charge is 0.334 e. The molecule has 0 aliphatic heterocycles. The van der Waals surface area contributed by atoms with E-state index in [0.29, 0.717) is 13.2 Å². The fourth-order valence-corrected chi connectivity index (χ4v) is 6.20. The van der Waals surface area contributed by atoms with Crippen LogP contribution in [0.5, 0.6) is 0 Å². The fourth-order valence-electron chi connectivity index (χ4n) is 6.20. The molecule has 0 heterocycles. The Morgan fingerprint density at radius 1 is 0.413 bits per heavy atom. The summed E-state index contributed by atoms with van der Waals surface area (Å²) in [5.41, 5.74) is 0. The Hall–Kier alpha value is -1.10. The third kappa shape index (κ3) is 35.7. The molecule has 0 rings (SSSR count). The largest absolute Gasteiger partial charge is 0.466 e. The van der Waals surface area contributed by atoms with Crippen molar-refractivity contribution >= 4 is 11.9 Å². The van der Waals surface area contributed by atoms with Gasteiger partial charge in [-0.3, -0.25) is 4.79 Å². The van der Waals surface area contributed by atoms with Crippen molar-refractivity contribution in [1.29, 1.82) is 0 Å². The maximum absolute atomic E-state index is 12.0. The SMILES string of the molecule is CCCCCCCCCCCCCCCCCCOC(=O)CCC(O)C(=O)OCCCCCCCCCCCCCCCCCC. The summed E-state index contributed by atoms with van der Waals surface area (Å²) < 4.78 is 10.5. The third-order valence-electron chi connectivity index (χ3n) is 9.40. The van der Waals surface area contributed by atoms with Crippen molar-refractivity contribution in [3.63, 3.8) is 0 Å². The summed E-state index contributed by atoms with van der Waals surface area (Å²) in [5, 5.41) is 10.0. The first-order valence-electron chi connectivity index (χ1n) is 20.6. The van der Waals surface area contributed by atoms with E-state index >= 15 is 0 Å². The van der Waals surface area contributed by atoms with Crippen LogP contribution in [0.2, 0.25) is 0 Å². The van der Waals surface area contributed by atoms with Gasteiger partial charge in [-0.1, -0.05) is 206 Å². The number of esters is 2. The highest BCUT2D eigenvalue weighted by Gasteiger charge is 2.18. The average molecular weight is 653 g/mol. The van der Waals surface area contributed by atoms with Crippen molar-refractivity contribution in [3.8, 4) is 0 Å². The Morgan fingerprint density at radius 2 is 0.674 bits per heavy atom. The van der Waals surface area contributed by atoms with Crippen LogP contribution in [0.1, 0.15) is 232 Å². The zero-order valence-electron chi connectivity index (χ0n) is 31.1. The lowest BCUT2D eigenvalue weighted by molar-refractivity contribution is -0.155. The number of rotatable bonds is 38. The molecule has 0 aliphatic carbocycles. The lowest BCUT2D eigenvalue weighted by atomic mass is 10.0. The van der Waals surface area contributed by atoms with Crippen LogP contribution in [0.15, 0.2) is 0 Å². The molecule has 5 heteroatoms. The molecule has 1 unspecified atom stereocenters. The van der Waals surface area contributed by atoms with Gasteiger partial charge >= 0.3 is 11.9 Å². The van der Waals surface area contributed by atoms with E-state index in [1.54, 1.807) is 0 Å². The maximum atomic E-state index is 12.0. The molecule has 0 spiro atoms. The molecule has 0 amide bonds. The zero-order chi connectivity index (χ0) is 33.6. The second kappa shape index (κ2) is 38.3. The number of aliphatic hydroxyl groups is 1. The third-order valence-corrected chi connectivity index (χ3v) is 9.40. The van der Waals surface area contributed by atoms with Crippen LogP contribution in [0, 0.1) is 0 Å². The first-order valence-corrected chi connectivity index (χ1v) is 20.6. The van der Waals surface area contributed by atoms with Crippen LogP contribution in [0.4, 0.5) is 0 Å². The normalized spacial score (nSPS) is 12.0. The second-order valence-electron chi connectivity index (χ2n) is 14.0. The number of ether oxygens (including phenoxy) is 2. The number of hydrogen-bond donors (Lipinski definition) is 1. The Morgan fingerprint density at radius 3 is 0.978 bits per heavy atom. The van der Waals surface area contributed by atoms with E-state index in [4.69, 9.17) is 9.47 Å². The van der Waals surface area contributed by atoms with Gasteiger partial charge in [-0.15, -0.1) is 0 Å². The Labute approximate surface area is 287 Å². The van der Waals surface area contributed by atoms with Gasteiger partial charge < -0.3 is 14.6 Å². The Balaban J connectivity index is 3.37. The van der Waals surface area contributed by atoms with Gasteiger partial charge in [0.05, 0.1) is 13.2 Å². The number of aliphatic hydroxyl groups excluding tert-OH is 1. The lowest BCUT2D eigenvalue weighted by Crippen LogP contribution is -2.24. The standard InChI is InChI=1S/C41H80O5/c1-3-5-7-9-11-13-15-17-19-21-23-25-27-29-31-33-37-45-40(43)36-35-39(42)41(44)46-38-34-32-30-28-26-24-22-20-18-16-14-12-10-8-6-4-2/h39,42H,3-38H2,1-2H3. The molecule has 0 aromatic heterocycles. The van der Waals surface area contributed by atoms with Crippen LogP contribution in [-0.4, -0.2) is 36.4 Å². The number of carbonyl (C=O) groups is 2. The van der Waals surface area contributed by atoms with Gasteiger partial charge in [0, 0.05) is 6.42 Å². The Kier molecular flexibility index (Phi) is 37.4. The fraction of sp³-hybridized carbons (Fsp3) is 0.951. The monoisotopic (exact) mass is 653 g/mol. The van der Waals surface area contributed by atoms with Crippen molar-refractivity contribution in [2.45, 2.75) is 238 Å². The van der Waals surface area contributed by atoms with Crippen molar-refractivity contribution in [2.75, 3.05) is 13.2 Å². The van der Waals surface area contributed by atoms with Crippen LogP contribution in [0.25, 0.3) is 0 Å². The summed E-state index contributed by atoms with van der Waals surface area (Å²) >= 11 is 0. The minimum Gasteiger partial charge on any atom is -0.466 e. The molecule has 0 saturated heterocycles. The van der Waals surface area contributed by atoms with Crippen molar-refractivity contribution in [1.82, 2.24) is 0 Å². The summed E-state index contributed by atoms with van der Waals surface area (Å²) in [5.74, 6) is -0.961. The van der Waals surface area contributed by atoms with E-state index < -0.39 is 12.1 Å². The van der Waals surface area contributed by atoms with Crippen molar-refractivity contribution < 1.29 is 24.2 Å². The quantitative estimate of drug-likeness (QED) is 0.0531. The van der Waals surface area contributed by atoms with Gasteiger partial charge in [0.15, 0.2) is 6.10 Å². The first-order chi connectivity index (χ1) is 22.6. The summed E-state index contributed by atoms with van der Waals surface area (Å²) in [4.78, 5) is 24.0. The van der Waals surface area contributed by atoms with Crippen LogP contribution >= 0.6 is 0 Å². The highest BCUT2D eigenvalue weighted by molar-refractivity contribution is 5.76.